The van der Waals surface area contributed by atoms with Gasteiger partial charge in [0.15, 0.2) is 7.05 Å². The fraction of sp³-hybridized carbons (Fsp3) is 0.188. The molecule has 10 nitrogen and oxygen atoms in total. The van der Waals surface area contributed by atoms with E-state index in [9.17, 15) is 14.9 Å². The number of rotatable bonds is 7. The highest BCUT2D eigenvalue weighted by Crippen LogP contribution is 2.05. The first-order chi connectivity index (χ1) is 12.1. The minimum Gasteiger partial charge on any atom is -0.403 e. The molecule has 5 N–H and O–H groups in total. The molecule has 10 heteroatoms. The molecule has 0 saturated carbocycles. The van der Waals surface area contributed by atoms with Crippen molar-refractivity contribution in [2.45, 2.75) is 13.8 Å². The maximum absolute atomic E-state index is 12.1. The summed E-state index contributed by atoms with van der Waals surface area (Å²) in [6, 6.07) is 0. The van der Waals surface area contributed by atoms with Crippen LogP contribution in [0, 0.1) is 20.2 Å². The lowest BCUT2D eigenvalue weighted by atomic mass is 10.2. The highest BCUT2D eigenvalue weighted by Gasteiger charge is 2.09. The molecule has 26 heavy (non-hydrogen) atoms. The Bertz CT molecular complexity index is 683. The van der Waals surface area contributed by atoms with Crippen molar-refractivity contribution in [3.8, 4) is 0 Å². The quantitative estimate of drug-likeness (QED) is 0.266. The summed E-state index contributed by atoms with van der Waals surface area (Å²) >= 11 is 0. The van der Waals surface area contributed by atoms with Gasteiger partial charge in [0.25, 0.3) is 5.91 Å². The van der Waals surface area contributed by atoms with Gasteiger partial charge in [0.2, 0.25) is 5.70 Å². The van der Waals surface area contributed by atoms with Crippen LogP contribution in [0.15, 0.2) is 71.9 Å². The molecule has 0 aliphatic carbocycles. The van der Waals surface area contributed by atoms with Crippen molar-refractivity contribution >= 4 is 5.91 Å². The molecule has 0 fully saturated rings. The van der Waals surface area contributed by atoms with Gasteiger partial charge in [-0.25, -0.2) is 0 Å². The van der Waals surface area contributed by atoms with Crippen molar-refractivity contribution in [3.05, 3.63) is 92.1 Å². The van der Waals surface area contributed by atoms with E-state index in [2.05, 4.69) is 11.9 Å². The van der Waals surface area contributed by atoms with Crippen LogP contribution in [-0.2, 0) is 4.79 Å². The van der Waals surface area contributed by atoms with E-state index in [0.29, 0.717) is 5.57 Å². The van der Waals surface area contributed by atoms with Crippen LogP contribution in [0.3, 0.4) is 0 Å². The van der Waals surface area contributed by atoms with Gasteiger partial charge in [0.05, 0.1) is 16.3 Å². The lowest BCUT2D eigenvalue weighted by molar-refractivity contribution is -0.445. The Labute approximate surface area is 151 Å². The van der Waals surface area contributed by atoms with Gasteiger partial charge < -0.3 is 16.8 Å². The molecule has 0 aliphatic rings. The van der Waals surface area contributed by atoms with Gasteiger partial charge in [-0.05, 0) is 13.0 Å². The molecule has 0 heterocycles. The van der Waals surface area contributed by atoms with Gasteiger partial charge in [0.1, 0.15) is 0 Å². The maximum atomic E-state index is 12.1. The highest BCUT2D eigenvalue weighted by atomic mass is 16.6. The van der Waals surface area contributed by atoms with E-state index in [4.69, 9.17) is 21.6 Å². The van der Waals surface area contributed by atoms with Gasteiger partial charge in [-0.15, -0.1) is 0 Å². The molecular formula is C16H23N5O5. The molecule has 1 amide bonds. The number of hydrogen-bond donors (Lipinski definition) is 3. The third kappa shape index (κ3) is 11.8. The summed E-state index contributed by atoms with van der Waals surface area (Å²) in [4.78, 5) is 30.3. The number of nitrogens with two attached hydrogens (primary N) is 2. The standard InChI is InChI=1S/C15H20N4O3.CH3NO2/c1-4-6-12(7-5-2)15(20)18-14(10-16)13(17)9-8-11(3)19(21)22;1-2(3)4/h4-10H,1,16-17H2,2-3H3,(H,18,20);1H3/b7-5-,11-8+,12-6+,13-9+,14-10+;. The normalized spacial score (nSPS) is 12.9. The van der Waals surface area contributed by atoms with E-state index in [0.717, 1.165) is 13.2 Å². The number of hydrogen-bond acceptors (Lipinski definition) is 7. The zero-order valence-corrected chi connectivity index (χ0v) is 14.8. The lowest BCUT2D eigenvalue weighted by Crippen LogP contribution is -2.27. The Kier molecular flexibility index (Phi) is 13.0. The average Bonchev–Trinajstić information content (AvgIpc) is 2.56. The van der Waals surface area contributed by atoms with Crippen LogP contribution in [0.2, 0.25) is 0 Å². The Balaban J connectivity index is 0. The molecule has 0 spiro atoms. The van der Waals surface area contributed by atoms with Crippen molar-refractivity contribution in [3.63, 3.8) is 0 Å². The summed E-state index contributed by atoms with van der Waals surface area (Å²) < 4.78 is 0. The van der Waals surface area contributed by atoms with Crippen LogP contribution in [0.25, 0.3) is 0 Å². The van der Waals surface area contributed by atoms with Gasteiger partial charge in [0, 0.05) is 29.7 Å². The van der Waals surface area contributed by atoms with Crippen molar-refractivity contribution in [1.29, 1.82) is 0 Å². The molecule has 0 unspecified atom stereocenters. The van der Waals surface area contributed by atoms with Crippen molar-refractivity contribution < 1.29 is 14.6 Å². The van der Waals surface area contributed by atoms with Gasteiger partial charge >= 0.3 is 0 Å². The number of nitrogens with zero attached hydrogens (tertiary/aromatic N) is 2. The summed E-state index contributed by atoms with van der Waals surface area (Å²) in [7, 11) is 0.889. The van der Waals surface area contributed by atoms with E-state index >= 15 is 0 Å². The zero-order chi connectivity index (χ0) is 20.7. The summed E-state index contributed by atoms with van der Waals surface area (Å²) in [5, 5.41) is 21.8. The third-order valence-electron chi connectivity index (χ3n) is 2.42. The molecule has 0 bridgehead atoms. The predicted octanol–water partition coefficient (Wildman–Crippen LogP) is 1.51. The molecule has 0 rings (SSSR count). The average molecular weight is 365 g/mol. The molecule has 0 atom stereocenters. The minimum atomic E-state index is -0.550. The fourth-order valence-corrected chi connectivity index (χ4v) is 1.28. The SMILES string of the molecule is C=C/C=C(\C=C/C)C(=O)NC(=C/N)/C(N)=C\C=C(/C)[N+](=O)[O-].C[N+](=O)[O-]. The first kappa shape index (κ1) is 24.6. The van der Waals surface area contributed by atoms with Gasteiger partial charge in [-0.2, -0.15) is 0 Å². The second-order valence-electron chi connectivity index (χ2n) is 4.52. The van der Waals surface area contributed by atoms with Crippen molar-refractivity contribution in [1.82, 2.24) is 5.32 Å². The number of carbonyl (C=O) groups excluding carboxylic acids is 1. The number of nitrogens with one attached hydrogen (secondary N) is 1. The summed E-state index contributed by atoms with van der Waals surface area (Å²) in [5.41, 5.74) is 11.7. The molecule has 0 aliphatic heterocycles. The summed E-state index contributed by atoms with van der Waals surface area (Å²) in [5.74, 6) is -0.430. The molecule has 0 radical (unpaired) electrons. The van der Waals surface area contributed by atoms with Crippen LogP contribution in [0.1, 0.15) is 13.8 Å². The van der Waals surface area contributed by atoms with Crippen LogP contribution >= 0.6 is 0 Å². The molecular weight excluding hydrogens is 342 g/mol. The number of carbonyl (C=O) groups is 1. The molecule has 0 aromatic heterocycles. The van der Waals surface area contributed by atoms with Crippen LogP contribution < -0.4 is 16.8 Å². The fourth-order valence-electron chi connectivity index (χ4n) is 1.28. The molecule has 0 saturated heterocycles. The summed E-state index contributed by atoms with van der Waals surface area (Å²) in [6.45, 7) is 6.62. The van der Waals surface area contributed by atoms with Crippen molar-refractivity contribution in [2.75, 3.05) is 7.05 Å². The van der Waals surface area contributed by atoms with Crippen LogP contribution in [0.4, 0.5) is 0 Å². The largest absolute Gasteiger partial charge is 0.403 e. The Morgan fingerprint density at radius 3 is 2.12 bits per heavy atom. The molecule has 0 aromatic rings. The van der Waals surface area contributed by atoms with Crippen LogP contribution in [0.5, 0.6) is 0 Å². The highest BCUT2D eigenvalue weighted by molar-refractivity contribution is 5.97. The lowest BCUT2D eigenvalue weighted by Gasteiger charge is -2.09. The zero-order valence-electron chi connectivity index (χ0n) is 14.8. The third-order valence-corrected chi connectivity index (χ3v) is 2.42. The van der Waals surface area contributed by atoms with E-state index in [1.807, 2.05) is 0 Å². The number of allylic oxidation sites excluding steroid dienone is 6. The van der Waals surface area contributed by atoms with Crippen molar-refractivity contribution in [2.24, 2.45) is 11.5 Å². The maximum Gasteiger partial charge on any atom is 0.255 e. The predicted molar refractivity (Wildman–Crippen MR) is 99.4 cm³/mol. The molecule has 0 aromatic carbocycles. The summed E-state index contributed by atoms with van der Waals surface area (Å²) in [6.07, 6.45) is 9.93. The Hall–Kier alpha value is -3.69. The van der Waals surface area contributed by atoms with E-state index in [1.54, 1.807) is 19.1 Å². The smallest absolute Gasteiger partial charge is 0.255 e. The van der Waals surface area contributed by atoms with Crippen LogP contribution in [-0.4, -0.2) is 22.8 Å². The number of nitro groups is 2. The van der Waals surface area contributed by atoms with E-state index in [-0.39, 0.29) is 17.1 Å². The monoisotopic (exact) mass is 365 g/mol. The van der Waals surface area contributed by atoms with Gasteiger partial charge in [-0.3, -0.25) is 25.0 Å². The first-order valence-corrected chi connectivity index (χ1v) is 7.16. The van der Waals surface area contributed by atoms with E-state index < -0.39 is 15.8 Å². The Morgan fingerprint density at radius 2 is 1.73 bits per heavy atom. The topological polar surface area (TPSA) is 167 Å². The second-order valence-corrected chi connectivity index (χ2v) is 4.52. The first-order valence-electron chi connectivity index (χ1n) is 7.16. The van der Waals surface area contributed by atoms with E-state index in [1.165, 1.54) is 31.2 Å². The minimum absolute atomic E-state index is 0.0909. The van der Waals surface area contributed by atoms with Gasteiger partial charge in [-0.1, -0.05) is 30.9 Å². The number of amides is 1. The molecule has 142 valence electrons. The second kappa shape index (κ2) is 13.7. The Morgan fingerprint density at radius 1 is 1.19 bits per heavy atom.